The van der Waals surface area contributed by atoms with Gasteiger partial charge in [-0.2, -0.15) is 0 Å². The average molecular weight is 434 g/mol. The number of thioether (sulfide) groups is 1. The maximum Gasteiger partial charge on any atom is 0.260 e. The van der Waals surface area contributed by atoms with Gasteiger partial charge in [0, 0.05) is 22.9 Å². The molecule has 0 radical (unpaired) electrons. The van der Waals surface area contributed by atoms with E-state index in [1.165, 1.54) is 11.3 Å². The quantitative estimate of drug-likeness (QED) is 0.668. The topological polar surface area (TPSA) is 46.3 Å². The number of carbonyl (C=O) groups is 1. The van der Waals surface area contributed by atoms with Gasteiger partial charge in [-0.15, -0.1) is 23.1 Å². The summed E-state index contributed by atoms with van der Waals surface area (Å²) >= 11 is 10.1. The molecule has 0 bridgehead atoms. The molecule has 3 rings (SSSR count). The first kappa shape index (κ1) is 14.4. The molecule has 1 aliphatic heterocycles. The minimum atomic E-state index is 0.00553. The fraction of sp³-hybridized carbons (Fsp3) is 0.154. The third-order valence-electron chi connectivity index (χ3n) is 2.98. The van der Waals surface area contributed by atoms with Gasteiger partial charge in [0.15, 0.2) is 0 Å². The summed E-state index contributed by atoms with van der Waals surface area (Å²) in [6.07, 6.45) is 0. The molecular weight excluding hydrogens is 424 g/mol. The first-order chi connectivity index (χ1) is 9.56. The van der Waals surface area contributed by atoms with Crippen molar-refractivity contribution in [3.05, 3.63) is 37.4 Å². The van der Waals surface area contributed by atoms with Crippen LogP contribution in [-0.2, 0) is 0 Å². The summed E-state index contributed by atoms with van der Waals surface area (Å²) in [5.41, 5.74) is 8.12. The zero-order chi connectivity index (χ0) is 14.3. The highest BCUT2D eigenvalue weighted by Crippen LogP contribution is 2.39. The van der Waals surface area contributed by atoms with Crippen LogP contribution in [0, 0.1) is 0 Å². The Morgan fingerprint density at radius 2 is 2.10 bits per heavy atom. The molecule has 0 saturated heterocycles. The van der Waals surface area contributed by atoms with Gasteiger partial charge in [0.25, 0.3) is 5.91 Å². The standard InChI is InChI=1S/C13H10Br2N2OS2/c14-11-6-8(12(15)20-11)13(18)17-3-4-19-10-2-1-7(16)5-9(10)17/h1-2,5-6H,3-4,16H2. The van der Waals surface area contributed by atoms with Crippen molar-refractivity contribution >= 4 is 72.2 Å². The van der Waals surface area contributed by atoms with E-state index in [1.807, 2.05) is 24.3 Å². The number of thiophene rings is 1. The van der Waals surface area contributed by atoms with Gasteiger partial charge in [0.05, 0.1) is 18.8 Å². The molecule has 0 atom stereocenters. The lowest BCUT2D eigenvalue weighted by atomic mass is 10.2. The Balaban J connectivity index is 2.02. The highest BCUT2D eigenvalue weighted by molar-refractivity contribution is 9.12. The van der Waals surface area contributed by atoms with Crippen LogP contribution in [0.3, 0.4) is 0 Å². The molecule has 2 heterocycles. The number of carbonyl (C=O) groups excluding carboxylic acids is 1. The first-order valence-corrected chi connectivity index (χ1v) is 9.24. The monoisotopic (exact) mass is 432 g/mol. The molecule has 0 aliphatic carbocycles. The largest absolute Gasteiger partial charge is 0.399 e. The van der Waals surface area contributed by atoms with E-state index in [1.54, 1.807) is 16.7 Å². The Morgan fingerprint density at radius 3 is 2.80 bits per heavy atom. The van der Waals surface area contributed by atoms with E-state index >= 15 is 0 Å². The molecule has 104 valence electrons. The number of fused-ring (bicyclic) bond motifs is 1. The van der Waals surface area contributed by atoms with Gasteiger partial charge >= 0.3 is 0 Å². The van der Waals surface area contributed by atoms with Crippen LogP contribution >= 0.6 is 55.0 Å². The SMILES string of the molecule is Nc1ccc2c(c1)N(C(=O)c1cc(Br)sc1Br)CCS2. The lowest BCUT2D eigenvalue weighted by molar-refractivity contribution is 0.0987. The Labute approximate surface area is 141 Å². The van der Waals surface area contributed by atoms with Crippen LogP contribution in [0.1, 0.15) is 10.4 Å². The number of anilines is 2. The van der Waals surface area contributed by atoms with Crippen LogP contribution in [0.4, 0.5) is 11.4 Å². The average Bonchev–Trinajstić information content (AvgIpc) is 2.76. The van der Waals surface area contributed by atoms with E-state index in [2.05, 4.69) is 31.9 Å². The van der Waals surface area contributed by atoms with Crippen molar-refractivity contribution in [3.8, 4) is 0 Å². The van der Waals surface area contributed by atoms with Crippen molar-refractivity contribution in [2.45, 2.75) is 4.90 Å². The van der Waals surface area contributed by atoms with E-state index in [0.29, 0.717) is 17.8 Å². The van der Waals surface area contributed by atoms with Crippen LogP contribution in [0.2, 0.25) is 0 Å². The van der Waals surface area contributed by atoms with Crippen molar-refractivity contribution in [1.82, 2.24) is 0 Å². The molecule has 7 heteroatoms. The van der Waals surface area contributed by atoms with Gasteiger partial charge < -0.3 is 10.6 Å². The number of hydrogen-bond acceptors (Lipinski definition) is 4. The number of halogens is 2. The lowest BCUT2D eigenvalue weighted by Gasteiger charge is -2.29. The van der Waals surface area contributed by atoms with Gasteiger partial charge in [-0.05, 0) is 56.1 Å². The van der Waals surface area contributed by atoms with Gasteiger partial charge in [-0.1, -0.05) is 0 Å². The third kappa shape index (κ3) is 2.64. The Kier molecular flexibility index (Phi) is 4.12. The summed E-state index contributed by atoms with van der Waals surface area (Å²) in [4.78, 5) is 15.6. The molecule has 3 nitrogen and oxygen atoms in total. The second kappa shape index (κ2) is 5.71. The zero-order valence-corrected chi connectivity index (χ0v) is 15.0. The van der Waals surface area contributed by atoms with E-state index < -0.39 is 0 Å². The van der Waals surface area contributed by atoms with E-state index in [4.69, 9.17) is 5.73 Å². The number of hydrogen-bond donors (Lipinski definition) is 1. The molecule has 20 heavy (non-hydrogen) atoms. The summed E-state index contributed by atoms with van der Waals surface area (Å²) in [5.74, 6) is 0.900. The lowest BCUT2D eigenvalue weighted by Crippen LogP contribution is -2.35. The highest BCUT2D eigenvalue weighted by atomic mass is 79.9. The van der Waals surface area contributed by atoms with Crippen molar-refractivity contribution in [3.63, 3.8) is 0 Å². The number of nitrogen functional groups attached to an aromatic ring is 1. The van der Waals surface area contributed by atoms with Crippen molar-refractivity contribution < 1.29 is 4.79 Å². The van der Waals surface area contributed by atoms with E-state index in [0.717, 1.165) is 23.9 Å². The zero-order valence-electron chi connectivity index (χ0n) is 10.2. The van der Waals surface area contributed by atoms with Gasteiger partial charge in [-0.25, -0.2) is 0 Å². The smallest absolute Gasteiger partial charge is 0.260 e. The van der Waals surface area contributed by atoms with Crippen LogP contribution in [-0.4, -0.2) is 18.2 Å². The van der Waals surface area contributed by atoms with Crippen LogP contribution in [0.25, 0.3) is 0 Å². The molecule has 2 N–H and O–H groups in total. The second-order valence-electron chi connectivity index (χ2n) is 4.27. The summed E-state index contributed by atoms with van der Waals surface area (Å²) < 4.78 is 1.78. The van der Waals surface area contributed by atoms with Crippen molar-refractivity contribution in [1.29, 1.82) is 0 Å². The molecule has 0 fully saturated rings. The molecule has 1 aromatic carbocycles. The molecule has 0 saturated carbocycles. The fourth-order valence-corrected chi connectivity index (χ4v) is 5.83. The molecular formula is C13H10Br2N2OS2. The molecule has 0 unspecified atom stereocenters. The number of nitrogens with zero attached hydrogens (tertiary/aromatic N) is 1. The predicted octanol–water partition coefficient (Wildman–Crippen LogP) is 4.61. The summed E-state index contributed by atoms with van der Waals surface area (Å²) in [5, 5.41) is 0. The number of rotatable bonds is 1. The van der Waals surface area contributed by atoms with Gasteiger partial charge in [0.1, 0.15) is 0 Å². The van der Waals surface area contributed by atoms with E-state index in [9.17, 15) is 4.79 Å². The third-order valence-corrected chi connectivity index (χ3v) is 6.36. The summed E-state index contributed by atoms with van der Waals surface area (Å²) in [6, 6.07) is 7.57. The van der Waals surface area contributed by atoms with Crippen molar-refractivity contribution in [2.75, 3.05) is 22.9 Å². The fourth-order valence-electron chi connectivity index (χ4n) is 2.08. The minimum Gasteiger partial charge on any atom is -0.399 e. The van der Waals surface area contributed by atoms with Gasteiger partial charge in [0.2, 0.25) is 0 Å². The van der Waals surface area contributed by atoms with Crippen LogP contribution < -0.4 is 10.6 Å². The highest BCUT2D eigenvalue weighted by Gasteiger charge is 2.26. The molecule has 1 aliphatic rings. The molecule has 0 spiro atoms. The maximum absolute atomic E-state index is 12.7. The second-order valence-corrected chi connectivity index (χ2v) is 9.16. The number of amides is 1. The predicted molar refractivity (Wildman–Crippen MR) is 93.0 cm³/mol. The van der Waals surface area contributed by atoms with Gasteiger partial charge in [-0.3, -0.25) is 4.79 Å². The normalized spacial score (nSPS) is 14.2. The van der Waals surface area contributed by atoms with Crippen LogP contribution in [0.15, 0.2) is 36.7 Å². The first-order valence-electron chi connectivity index (χ1n) is 5.85. The molecule has 1 aromatic heterocycles. The Bertz CT molecular complexity index is 687. The Morgan fingerprint density at radius 1 is 1.30 bits per heavy atom. The Hall–Kier alpha value is -0.500. The summed E-state index contributed by atoms with van der Waals surface area (Å²) in [6.45, 7) is 0.694. The van der Waals surface area contributed by atoms with Crippen LogP contribution in [0.5, 0.6) is 0 Å². The molecule has 1 amide bonds. The van der Waals surface area contributed by atoms with Crippen molar-refractivity contribution in [2.24, 2.45) is 0 Å². The number of nitrogens with two attached hydrogens (primary N) is 1. The summed E-state index contributed by atoms with van der Waals surface area (Å²) in [7, 11) is 0. The number of benzene rings is 1. The maximum atomic E-state index is 12.7. The van der Waals surface area contributed by atoms with E-state index in [-0.39, 0.29) is 5.91 Å². The molecule has 2 aromatic rings. The minimum absolute atomic E-state index is 0.00553.